The molecular formula is C27H16Cl2FN3O. The summed E-state index contributed by atoms with van der Waals surface area (Å²) in [5, 5.41) is 21.3. The average molecular weight is 488 g/mol. The van der Waals surface area contributed by atoms with Gasteiger partial charge in [0.1, 0.15) is 11.9 Å². The van der Waals surface area contributed by atoms with Crippen LogP contribution < -0.4 is 4.90 Å². The van der Waals surface area contributed by atoms with Gasteiger partial charge >= 0.3 is 0 Å². The minimum Gasteiger partial charge on any atom is -0.351 e. The summed E-state index contributed by atoms with van der Waals surface area (Å²) in [4.78, 5) is 15.9. The minimum atomic E-state index is -1.60. The topological polar surface area (TPSA) is 67.9 Å². The quantitative estimate of drug-likeness (QED) is 0.399. The molecule has 3 atom stereocenters. The molecule has 2 heterocycles. The lowest BCUT2D eigenvalue weighted by molar-refractivity contribution is 0.0951. The van der Waals surface area contributed by atoms with Crippen molar-refractivity contribution in [3.05, 3.63) is 105 Å². The molecule has 5 rings (SSSR count). The summed E-state index contributed by atoms with van der Waals surface area (Å²) in [6, 6.07) is 20.6. The normalized spacial score (nSPS) is 21.8. The van der Waals surface area contributed by atoms with Crippen LogP contribution in [0.3, 0.4) is 0 Å². The first-order chi connectivity index (χ1) is 16.4. The molecule has 7 heteroatoms. The third-order valence-corrected chi connectivity index (χ3v) is 7.36. The Morgan fingerprint density at radius 2 is 1.68 bits per heavy atom. The molecule has 0 aromatic heterocycles. The van der Waals surface area contributed by atoms with Crippen molar-refractivity contribution < 1.29 is 9.18 Å². The van der Waals surface area contributed by atoms with Crippen molar-refractivity contribution in [3.63, 3.8) is 0 Å². The maximum Gasteiger partial charge on any atom is 0.186 e. The molecule has 0 bridgehead atoms. The zero-order valence-electron chi connectivity index (χ0n) is 17.6. The average Bonchev–Trinajstić information content (AvgIpc) is 3.16. The Bertz CT molecular complexity index is 1410. The van der Waals surface area contributed by atoms with Crippen molar-refractivity contribution in [2.24, 2.45) is 5.41 Å². The van der Waals surface area contributed by atoms with E-state index in [4.69, 9.17) is 23.2 Å². The number of carbonyl (C=O) groups excluding carboxylic acids is 1. The molecule has 0 radical (unpaired) electrons. The summed E-state index contributed by atoms with van der Waals surface area (Å²) in [5.41, 5.74) is 0.855. The number of nitriles is 2. The number of fused-ring (bicyclic) bond motifs is 3. The SMILES string of the molecule is N#CC1(C#N)C(c2ccc(F)cc2)C(C(=O)c2ccc(Cl)c(Cl)c2)N2c3ccccc3C=CC21. The number of carbonyl (C=O) groups is 1. The predicted molar refractivity (Wildman–Crippen MR) is 129 cm³/mol. The highest BCUT2D eigenvalue weighted by Gasteiger charge is 2.63. The second-order valence-electron chi connectivity index (χ2n) is 8.33. The molecule has 2 aliphatic heterocycles. The van der Waals surface area contributed by atoms with Gasteiger partial charge in [-0.05, 0) is 47.5 Å². The lowest BCUT2D eigenvalue weighted by Crippen LogP contribution is -2.44. The summed E-state index contributed by atoms with van der Waals surface area (Å²) < 4.78 is 13.8. The summed E-state index contributed by atoms with van der Waals surface area (Å²) in [6.45, 7) is 0. The van der Waals surface area contributed by atoms with Crippen LogP contribution in [0.25, 0.3) is 6.08 Å². The first-order valence-electron chi connectivity index (χ1n) is 10.5. The van der Waals surface area contributed by atoms with Gasteiger partial charge in [0.05, 0.1) is 28.2 Å². The van der Waals surface area contributed by atoms with Crippen molar-refractivity contribution in [2.75, 3.05) is 4.90 Å². The van der Waals surface area contributed by atoms with Gasteiger partial charge in [-0.15, -0.1) is 0 Å². The Kier molecular flexibility index (Phi) is 5.41. The van der Waals surface area contributed by atoms with E-state index in [-0.39, 0.29) is 10.8 Å². The van der Waals surface area contributed by atoms with Crippen LogP contribution in [0.1, 0.15) is 27.4 Å². The van der Waals surface area contributed by atoms with E-state index < -0.39 is 29.2 Å². The molecule has 2 aliphatic rings. The summed E-state index contributed by atoms with van der Waals surface area (Å²) in [7, 11) is 0. The largest absolute Gasteiger partial charge is 0.351 e. The van der Waals surface area contributed by atoms with E-state index in [0.717, 1.165) is 11.3 Å². The fraction of sp³-hybridized carbons (Fsp3) is 0.148. The third kappa shape index (κ3) is 3.21. The van der Waals surface area contributed by atoms with E-state index in [1.54, 1.807) is 18.2 Å². The highest BCUT2D eigenvalue weighted by Crippen LogP contribution is 2.55. The molecule has 1 saturated heterocycles. The Labute approximate surface area is 206 Å². The highest BCUT2D eigenvalue weighted by atomic mass is 35.5. The number of nitrogens with zero attached hydrogens (tertiary/aromatic N) is 3. The van der Waals surface area contributed by atoms with Gasteiger partial charge in [-0.3, -0.25) is 4.79 Å². The first kappa shape index (κ1) is 22.2. The molecule has 0 saturated carbocycles. The van der Waals surface area contributed by atoms with Crippen molar-refractivity contribution in [3.8, 4) is 12.1 Å². The molecule has 34 heavy (non-hydrogen) atoms. The fourth-order valence-corrected chi connectivity index (χ4v) is 5.40. The second kappa shape index (κ2) is 8.29. The Hall–Kier alpha value is -3.64. The Morgan fingerprint density at radius 1 is 0.971 bits per heavy atom. The molecule has 0 spiro atoms. The molecule has 0 aliphatic carbocycles. The number of para-hydroxylation sites is 1. The molecule has 4 nitrogen and oxygen atoms in total. The fourth-order valence-electron chi connectivity index (χ4n) is 5.10. The number of rotatable bonds is 3. The maximum absolute atomic E-state index is 14.1. The Balaban J connectivity index is 1.78. The van der Waals surface area contributed by atoms with Gasteiger partial charge in [0, 0.05) is 17.2 Å². The van der Waals surface area contributed by atoms with Crippen LogP contribution in [0.5, 0.6) is 0 Å². The minimum absolute atomic E-state index is 0.228. The lowest BCUT2D eigenvalue weighted by atomic mass is 9.69. The predicted octanol–water partition coefficient (Wildman–Crippen LogP) is 6.42. The lowest BCUT2D eigenvalue weighted by Gasteiger charge is -2.35. The van der Waals surface area contributed by atoms with E-state index in [0.29, 0.717) is 16.1 Å². The summed E-state index contributed by atoms with van der Waals surface area (Å²) >= 11 is 12.3. The van der Waals surface area contributed by atoms with Gasteiger partial charge < -0.3 is 4.90 Å². The molecule has 0 N–H and O–H groups in total. The van der Waals surface area contributed by atoms with Crippen LogP contribution in [0, 0.1) is 33.9 Å². The Morgan fingerprint density at radius 3 is 2.35 bits per heavy atom. The number of anilines is 1. The van der Waals surface area contributed by atoms with Crippen molar-refractivity contribution in [2.45, 2.75) is 18.0 Å². The standard InChI is InChI=1S/C27H16Cl2FN3O/c28-20-11-7-18(13-21(20)29)26(34)25-24(17-5-9-19(30)10-6-17)27(14-31,15-32)23-12-8-16-3-1-2-4-22(16)33(23)25/h1-13,23-25H. The van der Waals surface area contributed by atoms with E-state index in [2.05, 4.69) is 12.1 Å². The monoisotopic (exact) mass is 487 g/mol. The highest BCUT2D eigenvalue weighted by molar-refractivity contribution is 6.42. The number of hydrogen-bond acceptors (Lipinski definition) is 4. The molecular weight excluding hydrogens is 472 g/mol. The van der Waals surface area contributed by atoms with Crippen LogP contribution in [0.4, 0.5) is 10.1 Å². The molecule has 3 unspecified atom stereocenters. The molecule has 0 amide bonds. The van der Waals surface area contributed by atoms with Crippen molar-refractivity contribution >= 4 is 40.7 Å². The van der Waals surface area contributed by atoms with Crippen LogP contribution in [-0.2, 0) is 0 Å². The van der Waals surface area contributed by atoms with Crippen LogP contribution in [-0.4, -0.2) is 17.9 Å². The van der Waals surface area contributed by atoms with Crippen molar-refractivity contribution in [1.29, 1.82) is 10.5 Å². The summed E-state index contributed by atoms with van der Waals surface area (Å²) in [5.74, 6) is -1.61. The zero-order valence-corrected chi connectivity index (χ0v) is 19.1. The number of Topliss-reactive ketones (excluding diaryl/α,β-unsaturated/α-hetero) is 1. The van der Waals surface area contributed by atoms with E-state index in [9.17, 15) is 19.7 Å². The third-order valence-electron chi connectivity index (χ3n) is 6.62. The van der Waals surface area contributed by atoms with Gasteiger partial charge in [-0.1, -0.05) is 65.7 Å². The molecule has 166 valence electrons. The van der Waals surface area contributed by atoms with Crippen LogP contribution >= 0.6 is 23.2 Å². The molecule has 3 aromatic rings. The first-order valence-corrected chi connectivity index (χ1v) is 11.3. The second-order valence-corrected chi connectivity index (χ2v) is 9.14. The van der Waals surface area contributed by atoms with E-state index >= 15 is 0 Å². The van der Waals surface area contributed by atoms with Crippen LogP contribution in [0.2, 0.25) is 10.0 Å². The smallest absolute Gasteiger partial charge is 0.186 e. The molecule has 1 fully saturated rings. The number of benzene rings is 3. The number of hydrogen-bond donors (Lipinski definition) is 0. The number of halogens is 3. The van der Waals surface area contributed by atoms with E-state index in [1.165, 1.54) is 30.3 Å². The molecule has 3 aromatic carbocycles. The number of ketones is 1. The van der Waals surface area contributed by atoms with E-state index in [1.807, 2.05) is 35.2 Å². The van der Waals surface area contributed by atoms with Crippen LogP contribution in [0.15, 0.2) is 72.8 Å². The van der Waals surface area contributed by atoms with Gasteiger partial charge in [-0.2, -0.15) is 10.5 Å². The van der Waals surface area contributed by atoms with Gasteiger partial charge in [0.2, 0.25) is 0 Å². The van der Waals surface area contributed by atoms with Gasteiger partial charge in [-0.25, -0.2) is 4.39 Å². The zero-order chi connectivity index (χ0) is 24.0. The maximum atomic E-state index is 14.1. The summed E-state index contributed by atoms with van der Waals surface area (Å²) in [6.07, 6.45) is 3.67. The van der Waals surface area contributed by atoms with Gasteiger partial charge in [0.15, 0.2) is 11.2 Å². The van der Waals surface area contributed by atoms with Gasteiger partial charge in [0.25, 0.3) is 0 Å². The van der Waals surface area contributed by atoms with Crippen molar-refractivity contribution in [1.82, 2.24) is 0 Å².